The summed E-state index contributed by atoms with van der Waals surface area (Å²) >= 11 is 0. The number of aromatic nitrogens is 2. The highest BCUT2D eigenvalue weighted by Gasteiger charge is 2.20. The van der Waals surface area contributed by atoms with E-state index in [1.54, 1.807) is 0 Å². The predicted molar refractivity (Wildman–Crippen MR) is 65.3 cm³/mol. The molecule has 0 spiro atoms. The van der Waals surface area contributed by atoms with Crippen LogP contribution in [0.1, 0.15) is 23.7 Å². The zero-order chi connectivity index (χ0) is 12.2. The molecule has 1 unspecified atom stereocenters. The summed E-state index contributed by atoms with van der Waals surface area (Å²) in [5.74, 6) is 2.19. The number of fused-ring (bicyclic) bond motifs is 1. The normalized spacial score (nSPS) is 18.1. The van der Waals surface area contributed by atoms with Crippen molar-refractivity contribution >= 4 is 0 Å². The summed E-state index contributed by atoms with van der Waals surface area (Å²) in [4.78, 5) is 3.98. The van der Waals surface area contributed by atoms with E-state index in [-0.39, 0.29) is 0 Å². The van der Waals surface area contributed by atoms with Gasteiger partial charge in [-0.2, -0.15) is 4.98 Å². The molecule has 5 heteroatoms. The molecule has 1 aromatic heterocycles. The van der Waals surface area contributed by atoms with E-state index in [1.807, 2.05) is 12.1 Å². The van der Waals surface area contributed by atoms with Crippen molar-refractivity contribution in [2.75, 3.05) is 13.2 Å². The number of benzene rings is 1. The van der Waals surface area contributed by atoms with Gasteiger partial charge >= 0.3 is 0 Å². The molecule has 1 aliphatic rings. The highest BCUT2D eigenvalue weighted by Crippen LogP contribution is 2.32. The summed E-state index contributed by atoms with van der Waals surface area (Å²) in [6.45, 7) is 2.32. The maximum absolute atomic E-state index is 5.64. The van der Waals surface area contributed by atoms with Crippen LogP contribution in [0.25, 0.3) is 0 Å². The molecule has 0 fully saturated rings. The molecule has 1 aliphatic heterocycles. The van der Waals surface area contributed by atoms with Crippen molar-refractivity contribution in [1.82, 2.24) is 15.5 Å². The average molecular weight is 245 g/mol. The minimum absolute atomic E-state index is 0.488. The second kappa shape index (κ2) is 5.18. The van der Waals surface area contributed by atoms with Gasteiger partial charge in [-0.1, -0.05) is 23.4 Å². The van der Waals surface area contributed by atoms with Gasteiger partial charge in [0.2, 0.25) is 6.39 Å². The number of rotatable bonds is 4. The van der Waals surface area contributed by atoms with Crippen molar-refractivity contribution in [3.8, 4) is 5.75 Å². The molecule has 0 amide bonds. The zero-order valence-electron chi connectivity index (χ0n) is 10.0. The lowest BCUT2D eigenvalue weighted by atomic mass is 9.93. The summed E-state index contributed by atoms with van der Waals surface area (Å²) in [6.07, 6.45) is 2.39. The number of nitrogens with zero attached hydrogens (tertiary/aromatic N) is 2. The van der Waals surface area contributed by atoms with E-state index in [4.69, 9.17) is 9.26 Å². The Kier molecular flexibility index (Phi) is 3.23. The topological polar surface area (TPSA) is 60.2 Å². The van der Waals surface area contributed by atoms with Gasteiger partial charge < -0.3 is 14.6 Å². The molecule has 1 aromatic carbocycles. The molecule has 2 aromatic rings. The summed E-state index contributed by atoms with van der Waals surface area (Å²) in [5, 5.41) is 7.13. The van der Waals surface area contributed by atoms with Crippen LogP contribution in [0.3, 0.4) is 0 Å². The Hall–Kier alpha value is -1.88. The molecule has 1 atom stereocenters. The Balaban J connectivity index is 1.60. The summed E-state index contributed by atoms with van der Waals surface area (Å²) in [7, 11) is 0. The third-order valence-corrected chi connectivity index (χ3v) is 3.16. The molecular weight excluding hydrogens is 230 g/mol. The molecule has 1 N–H and O–H groups in total. The van der Waals surface area contributed by atoms with Gasteiger partial charge in [0.15, 0.2) is 5.82 Å². The minimum atomic E-state index is 0.488. The molecule has 0 saturated heterocycles. The van der Waals surface area contributed by atoms with Crippen molar-refractivity contribution in [2.45, 2.75) is 18.9 Å². The Morgan fingerprint density at radius 1 is 1.33 bits per heavy atom. The van der Waals surface area contributed by atoms with Crippen LogP contribution in [0.4, 0.5) is 0 Å². The fraction of sp³-hybridized carbons (Fsp3) is 0.385. The van der Waals surface area contributed by atoms with E-state index < -0.39 is 0 Å². The molecule has 0 radical (unpaired) electrons. The summed E-state index contributed by atoms with van der Waals surface area (Å²) < 4.78 is 10.3. The quantitative estimate of drug-likeness (QED) is 0.888. The number of hydrogen-bond acceptors (Lipinski definition) is 5. The first-order chi connectivity index (χ1) is 8.93. The Morgan fingerprint density at radius 3 is 3.17 bits per heavy atom. The number of nitrogens with one attached hydrogen (secondary N) is 1. The SMILES string of the molecule is c1ccc2c(c1)OCCC2CNCc1ncon1. The van der Waals surface area contributed by atoms with Crippen LogP contribution in [-0.2, 0) is 6.54 Å². The van der Waals surface area contributed by atoms with Crippen molar-refractivity contribution in [1.29, 1.82) is 0 Å². The first kappa shape index (κ1) is 11.2. The van der Waals surface area contributed by atoms with Gasteiger partial charge in [-0.3, -0.25) is 0 Å². The van der Waals surface area contributed by atoms with Crippen LogP contribution >= 0.6 is 0 Å². The van der Waals surface area contributed by atoms with Crippen molar-refractivity contribution in [2.24, 2.45) is 0 Å². The molecule has 2 heterocycles. The van der Waals surface area contributed by atoms with Gasteiger partial charge in [0, 0.05) is 12.5 Å². The van der Waals surface area contributed by atoms with E-state index in [2.05, 4.69) is 27.6 Å². The second-order valence-corrected chi connectivity index (χ2v) is 4.35. The van der Waals surface area contributed by atoms with Crippen LogP contribution in [0.5, 0.6) is 5.75 Å². The average Bonchev–Trinajstić information content (AvgIpc) is 2.92. The van der Waals surface area contributed by atoms with Crippen LogP contribution in [-0.4, -0.2) is 23.3 Å². The molecule has 5 nitrogen and oxygen atoms in total. The monoisotopic (exact) mass is 245 g/mol. The van der Waals surface area contributed by atoms with Crippen LogP contribution in [0.2, 0.25) is 0 Å². The number of para-hydroxylation sites is 1. The molecule has 94 valence electrons. The van der Waals surface area contributed by atoms with E-state index in [9.17, 15) is 0 Å². The smallest absolute Gasteiger partial charge is 0.213 e. The third kappa shape index (κ3) is 2.36. The lowest BCUT2D eigenvalue weighted by molar-refractivity contribution is 0.264. The van der Waals surface area contributed by atoms with Gasteiger partial charge in [0.1, 0.15) is 5.75 Å². The zero-order valence-corrected chi connectivity index (χ0v) is 10.0. The highest BCUT2D eigenvalue weighted by molar-refractivity contribution is 5.37. The molecule has 0 aliphatic carbocycles. The van der Waals surface area contributed by atoms with Gasteiger partial charge in [-0.05, 0) is 18.1 Å². The molecule has 0 saturated carbocycles. The van der Waals surface area contributed by atoms with Gasteiger partial charge in [-0.25, -0.2) is 0 Å². The maximum atomic E-state index is 5.64. The van der Waals surface area contributed by atoms with Crippen molar-refractivity contribution in [3.63, 3.8) is 0 Å². The lowest BCUT2D eigenvalue weighted by Gasteiger charge is -2.25. The van der Waals surface area contributed by atoms with Gasteiger partial charge in [0.05, 0.1) is 13.2 Å². The fourth-order valence-corrected chi connectivity index (χ4v) is 2.26. The molecule has 3 rings (SSSR count). The second-order valence-electron chi connectivity index (χ2n) is 4.35. The van der Waals surface area contributed by atoms with E-state index >= 15 is 0 Å². The largest absolute Gasteiger partial charge is 0.493 e. The van der Waals surface area contributed by atoms with Gasteiger partial charge in [-0.15, -0.1) is 0 Å². The molecule has 18 heavy (non-hydrogen) atoms. The predicted octanol–water partition coefficient (Wildman–Crippen LogP) is 1.73. The minimum Gasteiger partial charge on any atom is -0.493 e. The first-order valence-electron chi connectivity index (χ1n) is 6.11. The van der Waals surface area contributed by atoms with Crippen molar-refractivity contribution < 1.29 is 9.26 Å². The first-order valence-corrected chi connectivity index (χ1v) is 6.11. The van der Waals surface area contributed by atoms with Gasteiger partial charge in [0.25, 0.3) is 0 Å². The molecule has 0 bridgehead atoms. The van der Waals surface area contributed by atoms with Crippen molar-refractivity contribution in [3.05, 3.63) is 42.0 Å². The van der Waals surface area contributed by atoms with Crippen LogP contribution in [0.15, 0.2) is 35.2 Å². The Labute approximate surface area is 105 Å². The Morgan fingerprint density at radius 2 is 2.28 bits per heavy atom. The standard InChI is InChI=1S/C13H15N3O2/c1-2-4-12-11(3-1)10(5-6-17-12)7-14-8-13-15-9-18-16-13/h1-4,9-10,14H,5-8H2. The van der Waals surface area contributed by atoms with E-state index in [1.165, 1.54) is 12.0 Å². The molecular formula is C13H15N3O2. The summed E-state index contributed by atoms with van der Waals surface area (Å²) in [6, 6.07) is 8.23. The summed E-state index contributed by atoms with van der Waals surface area (Å²) in [5.41, 5.74) is 1.28. The van der Waals surface area contributed by atoms with E-state index in [0.717, 1.165) is 25.3 Å². The maximum Gasteiger partial charge on any atom is 0.213 e. The number of hydrogen-bond donors (Lipinski definition) is 1. The number of ether oxygens (including phenoxy) is 1. The third-order valence-electron chi connectivity index (χ3n) is 3.16. The van der Waals surface area contributed by atoms with E-state index in [0.29, 0.717) is 18.3 Å². The highest BCUT2D eigenvalue weighted by atomic mass is 16.5. The fourth-order valence-electron chi connectivity index (χ4n) is 2.26. The Bertz CT molecular complexity index is 499. The van der Waals surface area contributed by atoms with Crippen LogP contribution < -0.4 is 10.1 Å². The lowest BCUT2D eigenvalue weighted by Crippen LogP contribution is -2.26. The van der Waals surface area contributed by atoms with Crippen LogP contribution in [0, 0.1) is 0 Å².